The number of anilines is 1. The second-order valence-corrected chi connectivity index (χ2v) is 6.33. The van der Waals surface area contributed by atoms with E-state index < -0.39 is 6.10 Å². The van der Waals surface area contributed by atoms with E-state index >= 15 is 0 Å². The van der Waals surface area contributed by atoms with Crippen molar-refractivity contribution >= 4 is 17.5 Å². The van der Waals surface area contributed by atoms with Crippen molar-refractivity contribution in [2.24, 2.45) is 0 Å². The number of hydrogen-bond acceptors (Lipinski definition) is 5. The Balaban J connectivity index is 1.57. The lowest BCUT2D eigenvalue weighted by Gasteiger charge is -2.24. The molecule has 0 radical (unpaired) electrons. The molecule has 0 spiro atoms. The number of benzene rings is 2. The number of nitrogens with one attached hydrogen (secondary N) is 1. The average Bonchev–Trinajstić information content (AvgIpc) is 2.72. The Labute approximate surface area is 164 Å². The molecule has 2 aromatic rings. The molecule has 0 saturated heterocycles. The lowest BCUT2D eigenvalue weighted by atomic mass is 10.2. The highest BCUT2D eigenvalue weighted by Crippen LogP contribution is 2.32. The Hall–Kier alpha value is -3.22. The van der Waals surface area contributed by atoms with Crippen molar-refractivity contribution in [2.45, 2.75) is 20.0 Å². The van der Waals surface area contributed by atoms with Crippen molar-refractivity contribution < 1.29 is 23.8 Å². The Morgan fingerprint density at radius 2 is 1.82 bits per heavy atom. The van der Waals surface area contributed by atoms with Crippen LogP contribution in [0.25, 0.3) is 0 Å². The average molecular weight is 384 g/mol. The number of carbonyl (C=O) groups excluding carboxylic acids is 2. The highest BCUT2D eigenvalue weighted by molar-refractivity contribution is 5.95. The van der Waals surface area contributed by atoms with Crippen molar-refractivity contribution in [1.29, 1.82) is 0 Å². The van der Waals surface area contributed by atoms with Crippen LogP contribution in [-0.4, -0.2) is 49.1 Å². The molecule has 1 atom stereocenters. The molecule has 1 aliphatic heterocycles. The maximum absolute atomic E-state index is 12.6. The molecule has 2 amide bonds. The Kier molecular flexibility index (Phi) is 6.37. The van der Waals surface area contributed by atoms with Crippen molar-refractivity contribution in [1.82, 2.24) is 4.90 Å². The molecule has 148 valence electrons. The van der Waals surface area contributed by atoms with Crippen LogP contribution in [0.3, 0.4) is 0 Å². The number of rotatable bonds is 7. The maximum atomic E-state index is 12.6. The van der Waals surface area contributed by atoms with Crippen LogP contribution >= 0.6 is 0 Å². The van der Waals surface area contributed by atoms with Crippen molar-refractivity contribution in [3.8, 4) is 17.2 Å². The standard InChI is InChI=1S/C21H24N2O5/c1-3-23(21(25)15(2)28-17-7-5-4-6-8-17)14-20(24)22-16-9-10-18-19(13-16)27-12-11-26-18/h4-10,13,15H,3,11-12,14H2,1-2H3,(H,22,24)/t15-/m0/s1. The van der Waals surface area contributed by atoms with Crippen molar-refractivity contribution in [3.05, 3.63) is 48.5 Å². The summed E-state index contributed by atoms with van der Waals surface area (Å²) in [7, 11) is 0. The summed E-state index contributed by atoms with van der Waals surface area (Å²) in [5.41, 5.74) is 0.589. The second kappa shape index (κ2) is 9.12. The molecule has 7 heteroatoms. The number of likely N-dealkylation sites (N-methyl/N-ethyl adjacent to an activating group) is 1. The van der Waals surface area contributed by atoms with Gasteiger partial charge < -0.3 is 24.4 Å². The molecule has 1 N–H and O–H groups in total. The van der Waals surface area contributed by atoms with Crippen molar-refractivity contribution in [2.75, 3.05) is 31.6 Å². The minimum Gasteiger partial charge on any atom is -0.486 e. The zero-order chi connectivity index (χ0) is 19.9. The number of nitrogens with zero attached hydrogens (tertiary/aromatic N) is 1. The molecule has 1 heterocycles. The summed E-state index contributed by atoms with van der Waals surface area (Å²) in [6.45, 7) is 4.82. The normalized spacial score (nSPS) is 13.4. The summed E-state index contributed by atoms with van der Waals surface area (Å²) in [6.07, 6.45) is -0.690. The minimum atomic E-state index is -0.690. The molecule has 28 heavy (non-hydrogen) atoms. The molecule has 3 rings (SSSR count). The van der Waals surface area contributed by atoms with Gasteiger partial charge in [0, 0.05) is 18.3 Å². The largest absolute Gasteiger partial charge is 0.486 e. The SMILES string of the molecule is CCN(CC(=O)Nc1ccc2c(c1)OCCO2)C(=O)[C@H](C)Oc1ccccc1. The molecular formula is C21H24N2O5. The van der Waals surface area contributed by atoms with Gasteiger partial charge in [0.1, 0.15) is 19.0 Å². The van der Waals surface area contributed by atoms with E-state index in [0.29, 0.717) is 42.7 Å². The number of para-hydroxylation sites is 1. The lowest BCUT2D eigenvalue weighted by molar-refractivity contribution is -0.140. The zero-order valence-electron chi connectivity index (χ0n) is 16.0. The van der Waals surface area contributed by atoms with Crippen LogP contribution < -0.4 is 19.5 Å². The highest BCUT2D eigenvalue weighted by atomic mass is 16.6. The van der Waals surface area contributed by atoms with Crippen LogP contribution in [0.1, 0.15) is 13.8 Å². The van der Waals surface area contributed by atoms with Gasteiger partial charge in [-0.3, -0.25) is 9.59 Å². The third-order valence-electron chi connectivity index (χ3n) is 4.26. The van der Waals surface area contributed by atoms with Gasteiger partial charge in [0.25, 0.3) is 5.91 Å². The van der Waals surface area contributed by atoms with Crippen LogP contribution in [-0.2, 0) is 9.59 Å². The molecule has 0 aromatic heterocycles. The maximum Gasteiger partial charge on any atom is 0.263 e. The zero-order valence-corrected chi connectivity index (χ0v) is 16.0. The molecule has 0 aliphatic carbocycles. The first kappa shape index (κ1) is 19.5. The van der Waals surface area contributed by atoms with E-state index in [2.05, 4.69) is 5.32 Å². The first-order valence-electron chi connectivity index (χ1n) is 9.27. The lowest BCUT2D eigenvalue weighted by Crippen LogP contribution is -2.44. The molecule has 0 fully saturated rings. The highest BCUT2D eigenvalue weighted by Gasteiger charge is 2.23. The molecular weight excluding hydrogens is 360 g/mol. The van der Waals surface area contributed by atoms with E-state index in [4.69, 9.17) is 14.2 Å². The van der Waals surface area contributed by atoms with Gasteiger partial charge in [0.15, 0.2) is 17.6 Å². The monoisotopic (exact) mass is 384 g/mol. The van der Waals surface area contributed by atoms with Gasteiger partial charge in [-0.2, -0.15) is 0 Å². The van der Waals surface area contributed by atoms with E-state index in [1.54, 1.807) is 37.3 Å². The van der Waals surface area contributed by atoms with Gasteiger partial charge in [-0.15, -0.1) is 0 Å². The number of amides is 2. The minimum absolute atomic E-state index is 0.0632. The molecule has 2 aromatic carbocycles. The first-order chi connectivity index (χ1) is 13.6. The molecule has 0 bridgehead atoms. The van der Waals surface area contributed by atoms with Gasteiger partial charge in [0.2, 0.25) is 5.91 Å². The number of ether oxygens (including phenoxy) is 3. The van der Waals surface area contributed by atoms with E-state index in [1.807, 2.05) is 25.1 Å². The van der Waals surface area contributed by atoms with E-state index in [9.17, 15) is 9.59 Å². The van der Waals surface area contributed by atoms with Gasteiger partial charge in [0.05, 0.1) is 6.54 Å². The predicted molar refractivity (Wildman–Crippen MR) is 105 cm³/mol. The van der Waals surface area contributed by atoms with Gasteiger partial charge in [-0.1, -0.05) is 18.2 Å². The fraction of sp³-hybridized carbons (Fsp3) is 0.333. The topological polar surface area (TPSA) is 77.1 Å². The summed E-state index contributed by atoms with van der Waals surface area (Å²) in [5, 5.41) is 2.79. The van der Waals surface area contributed by atoms with E-state index in [1.165, 1.54) is 4.90 Å². The fourth-order valence-electron chi connectivity index (χ4n) is 2.85. The Morgan fingerprint density at radius 1 is 1.11 bits per heavy atom. The molecule has 0 saturated carbocycles. The summed E-state index contributed by atoms with van der Waals surface area (Å²) in [6, 6.07) is 14.3. The summed E-state index contributed by atoms with van der Waals surface area (Å²) < 4.78 is 16.7. The van der Waals surface area contributed by atoms with Gasteiger partial charge in [-0.05, 0) is 38.1 Å². The molecule has 7 nitrogen and oxygen atoms in total. The molecule has 1 aliphatic rings. The second-order valence-electron chi connectivity index (χ2n) is 6.33. The Bertz CT molecular complexity index is 825. The predicted octanol–water partition coefficient (Wildman–Crippen LogP) is 2.71. The van der Waals surface area contributed by atoms with Gasteiger partial charge >= 0.3 is 0 Å². The van der Waals surface area contributed by atoms with E-state index in [0.717, 1.165) is 0 Å². The molecule has 0 unspecified atom stereocenters. The number of carbonyl (C=O) groups is 2. The summed E-state index contributed by atoms with van der Waals surface area (Å²) >= 11 is 0. The van der Waals surface area contributed by atoms with E-state index in [-0.39, 0.29) is 18.4 Å². The summed E-state index contributed by atoms with van der Waals surface area (Å²) in [5.74, 6) is 1.32. The quantitative estimate of drug-likeness (QED) is 0.794. The third-order valence-corrected chi connectivity index (χ3v) is 4.26. The smallest absolute Gasteiger partial charge is 0.263 e. The number of hydrogen-bond donors (Lipinski definition) is 1. The van der Waals surface area contributed by atoms with Gasteiger partial charge in [-0.25, -0.2) is 0 Å². The van der Waals surface area contributed by atoms with Crippen LogP contribution in [0.5, 0.6) is 17.2 Å². The number of fused-ring (bicyclic) bond motifs is 1. The van der Waals surface area contributed by atoms with Crippen LogP contribution in [0.15, 0.2) is 48.5 Å². The fourth-order valence-corrected chi connectivity index (χ4v) is 2.85. The third kappa shape index (κ3) is 4.94. The first-order valence-corrected chi connectivity index (χ1v) is 9.27. The summed E-state index contributed by atoms with van der Waals surface area (Å²) in [4.78, 5) is 26.5. The Morgan fingerprint density at radius 3 is 2.54 bits per heavy atom. The van der Waals surface area contributed by atoms with Crippen molar-refractivity contribution in [3.63, 3.8) is 0 Å². The van der Waals surface area contributed by atoms with Crippen LogP contribution in [0.4, 0.5) is 5.69 Å². The van der Waals surface area contributed by atoms with Crippen LogP contribution in [0, 0.1) is 0 Å². The van der Waals surface area contributed by atoms with Crippen LogP contribution in [0.2, 0.25) is 0 Å².